The molecule has 2 aromatic carbocycles. The number of amides is 1. The van der Waals surface area contributed by atoms with Crippen LogP contribution in [-0.4, -0.2) is 38.9 Å². The van der Waals surface area contributed by atoms with Crippen LogP contribution in [0.4, 0.5) is 10.1 Å². The van der Waals surface area contributed by atoms with Gasteiger partial charge in [0.1, 0.15) is 0 Å². The Morgan fingerprint density at radius 3 is 2.75 bits per heavy atom. The summed E-state index contributed by atoms with van der Waals surface area (Å²) < 4.78 is 18.6. The fraction of sp³-hybridized carbons (Fsp3) is 0.364. The zero-order valence-corrected chi connectivity index (χ0v) is 16.2. The third-order valence-electron chi connectivity index (χ3n) is 5.08. The summed E-state index contributed by atoms with van der Waals surface area (Å²) in [6.45, 7) is 1.45. The topological polar surface area (TPSA) is 58.6 Å². The number of para-hydroxylation sites is 1. The van der Waals surface area contributed by atoms with Crippen LogP contribution in [0, 0.1) is 11.7 Å². The molecule has 0 spiro atoms. The molecule has 28 heavy (non-hydrogen) atoms. The minimum Gasteiger partial charge on any atom is -0.494 e. The number of benzene rings is 2. The van der Waals surface area contributed by atoms with Crippen LogP contribution >= 0.6 is 0 Å². The van der Waals surface area contributed by atoms with E-state index in [0.717, 1.165) is 19.0 Å². The molecule has 0 unspecified atom stereocenters. The number of rotatable bonds is 7. The Kier molecular flexibility index (Phi) is 6.29. The fourth-order valence-corrected chi connectivity index (χ4v) is 3.61. The Hall–Kier alpha value is -2.89. The fourth-order valence-electron chi connectivity index (χ4n) is 3.61. The van der Waals surface area contributed by atoms with Gasteiger partial charge in [-0.05, 0) is 42.2 Å². The molecule has 1 heterocycles. The van der Waals surface area contributed by atoms with Gasteiger partial charge in [0.25, 0.3) is 0 Å². The summed E-state index contributed by atoms with van der Waals surface area (Å²) in [5, 5.41) is 2.93. The molecule has 0 aliphatic carbocycles. The molecular weight excluding hydrogens is 359 g/mol. The van der Waals surface area contributed by atoms with Crippen molar-refractivity contribution in [3.63, 3.8) is 0 Å². The third-order valence-corrected chi connectivity index (χ3v) is 5.08. The van der Waals surface area contributed by atoms with Crippen LogP contribution < -0.4 is 15.0 Å². The molecule has 0 saturated heterocycles. The molecular formula is C22H25FN2O3. The Morgan fingerprint density at radius 2 is 2.00 bits per heavy atom. The van der Waals surface area contributed by atoms with E-state index < -0.39 is 5.82 Å². The van der Waals surface area contributed by atoms with E-state index in [9.17, 15) is 14.0 Å². The molecule has 0 fully saturated rings. The highest BCUT2D eigenvalue weighted by Crippen LogP contribution is 2.28. The summed E-state index contributed by atoms with van der Waals surface area (Å²) in [6.07, 6.45) is 1.06. The molecule has 0 saturated carbocycles. The first-order valence-corrected chi connectivity index (χ1v) is 9.40. The molecule has 5 nitrogen and oxygen atoms in total. The van der Waals surface area contributed by atoms with E-state index in [4.69, 9.17) is 4.74 Å². The van der Waals surface area contributed by atoms with Crippen molar-refractivity contribution < 1.29 is 18.7 Å². The lowest BCUT2D eigenvalue weighted by Gasteiger charge is -2.33. The van der Waals surface area contributed by atoms with Crippen LogP contribution in [0.3, 0.4) is 0 Å². The van der Waals surface area contributed by atoms with E-state index in [2.05, 4.69) is 29.4 Å². The highest BCUT2D eigenvalue weighted by Gasteiger charge is 2.22. The second-order valence-corrected chi connectivity index (χ2v) is 7.16. The lowest BCUT2D eigenvalue weighted by molar-refractivity contribution is -0.121. The predicted molar refractivity (Wildman–Crippen MR) is 106 cm³/mol. The normalized spacial score (nSPS) is 15.7. The highest BCUT2D eigenvalue weighted by molar-refractivity contribution is 5.98. The molecule has 1 aliphatic heterocycles. The van der Waals surface area contributed by atoms with Crippen LogP contribution in [0.1, 0.15) is 28.8 Å². The number of nitrogens with one attached hydrogen (secondary N) is 1. The third kappa shape index (κ3) is 4.68. The van der Waals surface area contributed by atoms with Gasteiger partial charge < -0.3 is 15.0 Å². The average Bonchev–Trinajstić information content (AvgIpc) is 2.70. The molecule has 0 bridgehead atoms. The van der Waals surface area contributed by atoms with Crippen molar-refractivity contribution in [1.29, 1.82) is 0 Å². The maximum atomic E-state index is 13.7. The number of hydrogen-bond acceptors (Lipinski definition) is 4. The van der Waals surface area contributed by atoms with E-state index in [1.807, 2.05) is 12.1 Å². The number of ketones is 1. The first kappa shape index (κ1) is 19.9. The van der Waals surface area contributed by atoms with Gasteiger partial charge in [-0.1, -0.05) is 18.2 Å². The number of hydrogen-bond donors (Lipinski definition) is 1. The van der Waals surface area contributed by atoms with E-state index in [-0.39, 0.29) is 35.8 Å². The van der Waals surface area contributed by atoms with Crippen molar-refractivity contribution >= 4 is 17.4 Å². The molecule has 148 valence electrons. The number of carbonyl (C=O) groups is 2. The molecule has 1 N–H and O–H groups in total. The number of fused-ring (bicyclic) bond motifs is 1. The van der Waals surface area contributed by atoms with Crippen LogP contribution in [0.25, 0.3) is 0 Å². The highest BCUT2D eigenvalue weighted by atomic mass is 19.1. The van der Waals surface area contributed by atoms with Crippen LogP contribution in [0.2, 0.25) is 0 Å². The second-order valence-electron chi connectivity index (χ2n) is 7.16. The lowest BCUT2D eigenvalue weighted by atomic mass is 9.92. The summed E-state index contributed by atoms with van der Waals surface area (Å²) in [7, 11) is 3.42. The minimum absolute atomic E-state index is 0.0466. The number of nitrogens with zero attached hydrogens (tertiary/aromatic N) is 1. The smallest absolute Gasteiger partial charge is 0.220 e. The Bertz CT molecular complexity index is 869. The number of anilines is 1. The quantitative estimate of drug-likeness (QED) is 0.745. The van der Waals surface area contributed by atoms with E-state index >= 15 is 0 Å². The van der Waals surface area contributed by atoms with Gasteiger partial charge in [-0.3, -0.25) is 9.59 Å². The SMILES string of the molecule is COc1ccc(C(=O)CCC(=O)NC[C@H]2Cc3ccccc3N(C)C2)cc1F. The van der Waals surface area contributed by atoms with Gasteiger partial charge in [-0.25, -0.2) is 4.39 Å². The first-order valence-electron chi connectivity index (χ1n) is 9.40. The van der Waals surface area contributed by atoms with Crippen molar-refractivity contribution in [2.24, 2.45) is 5.92 Å². The molecule has 1 aliphatic rings. The van der Waals surface area contributed by atoms with Crippen molar-refractivity contribution in [2.75, 3.05) is 32.1 Å². The van der Waals surface area contributed by atoms with Crippen molar-refractivity contribution in [3.8, 4) is 5.75 Å². The lowest BCUT2D eigenvalue weighted by Crippen LogP contribution is -2.39. The van der Waals surface area contributed by atoms with Crippen molar-refractivity contribution in [2.45, 2.75) is 19.3 Å². The number of methoxy groups -OCH3 is 1. The minimum atomic E-state index is -0.584. The Morgan fingerprint density at radius 1 is 1.21 bits per heavy atom. The summed E-state index contributed by atoms with van der Waals surface area (Å²) in [6, 6.07) is 12.4. The summed E-state index contributed by atoms with van der Waals surface area (Å²) in [5.74, 6) is -0.588. The Labute approximate surface area is 164 Å². The van der Waals surface area contributed by atoms with Crippen LogP contribution in [0.5, 0.6) is 5.75 Å². The maximum Gasteiger partial charge on any atom is 0.220 e. The number of halogens is 1. The Balaban J connectivity index is 1.46. The predicted octanol–water partition coefficient (Wildman–Crippen LogP) is 3.22. The zero-order valence-electron chi connectivity index (χ0n) is 16.2. The molecule has 0 radical (unpaired) electrons. The van der Waals surface area contributed by atoms with Crippen LogP contribution in [-0.2, 0) is 11.2 Å². The average molecular weight is 384 g/mol. The number of carbonyl (C=O) groups excluding carboxylic acids is 2. The van der Waals surface area contributed by atoms with Gasteiger partial charge in [0.05, 0.1) is 7.11 Å². The van der Waals surface area contributed by atoms with Crippen molar-refractivity contribution in [1.82, 2.24) is 5.32 Å². The molecule has 1 amide bonds. The largest absolute Gasteiger partial charge is 0.494 e. The molecule has 2 aromatic rings. The monoisotopic (exact) mass is 384 g/mol. The summed E-state index contributed by atoms with van der Waals surface area (Å²) >= 11 is 0. The summed E-state index contributed by atoms with van der Waals surface area (Å²) in [4.78, 5) is 26.5. The number of Topliss-reactive ketones (excluding diaryl/α,β-unsaturated/α-hetero) is 1. The van der Waals surface area contributed by atoms with Gasteiger partial charge in [0.15, 0.2) is 17.3 Å². The maximum absolute atomic E-state index is 13.7. The van der Waals surface area contributed by atoms with Crippen LogP contribution in [0.15, 0.2) is 42.5 Å². The standard InChI is InChI=1S/C22H25FN2O3/c1-25-14-15(11-16-5-3-4-6-19(16)25)13-24-22(27)10-8-20(26)17-7-9-21(28-2)18(23)12-17/h3-7,9,12,15H,8,10-11,13-14H2,1-2H3,(H,24,27)/t15-/m1/s1. The zero-order chi connectivity index (χ0) is 20.1. The number of ether oxygens (including phenoxy) is 1. The van der Waals surface area contributed by atoms with Gasteiger partial charge in [0, 0.05) is 44.2 Å². The molecule has 6 heteroatoms. The van der Waals surface area contributed by atoms with Gasteiger partial charge in [-0.15, -0.1) is 0 Å². The van der Waals surface area contributed by atoms with E-state index in [1.165, 1.54) is 30.5 Å². The van der Waals surface area contributed by atoms with Gasteiger partial charge >= 0.3 is 0 Å². The molecule has 3 rings (SSSR count). The van der Waals surface area contributed by atoms with Crippen molar-refractivity contribution in [3.05, 3.63) is 59.4 Å². The van der Waals surface area contributed by atoms with E-state index in [0.29, 0.717) is 12.5 Å². The molecule has 0 aromatic heterocycles. The van der Waals surface area contributed by atoms with Gasteiger partial charge in [-0.2, -0.15) is 0 Å². The van der Waals surface area contributed by atoms with E-state index in [1.54, 1.807) is 0 Å². The second kappa shape index (κ2) is 8.87. The molecule has 1 atom stereocenters. The van der Waals surface area contributed by atoms with Gasteiger partial charge in [0.2, 0.25) is 5.91 Å². The first-order chi connectivity index (χ1) is 13.5. The summed E-state index contributed by atoms with van der Waals surface area (Å²) in [5.41, 5.74) is 2.77.